The van der Waals surface area contributed by atoms with Crippen LogP contribution < -0.4 is 21.7 Å². The first-order valence-corrected chi connectivity index (χ1v) is 8.49. The highest BCUT2D eigenvalue weighted by molar-refractivity contribution is 6.47. The van der Waals surface area contributed by atoms with Crippen molar-refractivity contribution < 1.29 is 23.2 Å². The molecule has 29 heavy (non-hydrogen) atoms. The van der Waals surface area contributed by atoms with E-state index in [-0.39, 0.29) is 18.1 Å². The number of carbonyl (C=O) groups is 3. The third-order valence-electron chi connectivity index (χ3n) is 4.51. The molecule has 0 spiro atoms. The van der Waals surface area contributed by atoms with Crippen molar-refractivity contribution in [1.29, 1.82) is 0 Å². The van der Waals surface area contributed by atoms with Crippen LogP contribution in [0.15, 0.2) is 47.5 Å². The summed E-state index contributed by atoms with van der Waals surface area (Å²) < 4.78 is 27.5. The number of anilines is 1. The number of hydrogen-bond donors (Lipinski definition) is 4. The molecule has 1 aliphatic heterocycles. The van der Waals surface area contributed by atoms with Gasteiger partial charge in [-0.25, -0.2) is 8.78 Å². The largest absolute Gasteiger partial charge is 0.367 e. The van der Waals surface area contributed by atoms with E-state index in [9.17, 15) is 23.2 Å². The molecule has 8 nitrogen and oxygen atoms in total. The van der Waals surface area contributed by atoms with Crippen LogP contribution in [0.3, 0.4) is 0 Å². The number of aliphatic imine (C=N–C) groups is 1. The van der Waals surface area contributed by atoms with Gasteiger partial charge < -0.3 is 16.4 Å². The van der Waals surface area contributed by atoms with Crippen LogP contribution >= 0.6 is 0 Å². The molecule has 1 aliphatic rings. The molecule has 0 saturated heterocycles. The van der Waals surface area contributed by atoms with Crippen LogP contribution in [-0.2, 0) is 15.1 Å². The van der Waals surface area contributed by atoms with Gasteiger partial charge in [-0.15, -0.1) is 0 Å². The Morgan fingerprint density at radius 3 is 2.24 bits per heavy atom. The normalized spacial score (nSPS) is 18.1. The SMILES string of the molecule is CNC(=O)C1=NCNC1(C(N)=O)c1ccc(NC(=O)c2c(F)cccc2F)cc1. The van der Waals surface area contributed by atoms with Crippen LogP contribution in [0.4, 0.5) is 14.5 Å². The van der Waals surface area contributed by atoms with Gasteiger partial charge in [0.2, 0.25) is 5.91 Å². The molecular formula is C19H17F2N5O3. The molecule has 10 heteroatoms. The van der Waals surface area contributed by atoms with Crippen molar-refractivity contribution in [2.45, 2.75) is 5.54 Å². The van der Waals surface area contributed by atoms with Gasteiger partial charge in [0.15, 0.2) is 5.54 Å². The zero-order valence-corrected chi connectivity index (χ0v) is 15.3. The summed E-state index contributed by atoms with van der Waals surface area (Å²) in [6.45, 7) is 0.0107. The quantitative estimate of drug-likeness (QED) is 0.587. The van der Waals surface area contributed by atoms with Crippen LogP contribution in [0.25, 0.3) is 0 Å². The molecule has 0 aromatic heterocycles. The van der Waals surface area contributed by atoms with Crippen molar-refractivity contribution in [3.63, 3.8) is 0 Å². The molecular weight excluding hydrogens is 384 g/mol. The zero-order chi connectivity index (χ0) is 21.2. The minimum Gasteiger partial charge on any atom is -0.367 e. The minimum absolute atomic E-state index is 0.0107. The second-order valence-corrected chi connectivity index (χ2v) is 6.16. The second-order valence-electron chi connectivity index (χ2n) is 6.16. The van der Waals surface area contributed by atoms with Crippen molar-refractivity contribution in [1.82, 2.24) is 10.6 Å². The number of hydrogen-bond acceptors (Lipinski definition) is 5. The molecule has 3 amide bonds. The van der Waals surface area contributed by atoms with Gasteiger partial charge in [-0.2, -0.15) is 0 Å². The van der Waals surface area contributed by atoms with E-state index in [2.05, 4.69) is 20.9 Å². The molecule has 0 saturated carbocycles. The topological polar surface area (TPSA) is 126 Å². The predicted octanol–water partition coefficient (Wildman–Crippen LogP) is 0.645. The predicted molar refractivity (Wildman–Crippen MR) is 101 cm³/mol. The van der Waals surface area contributed by atoms with Crippen LogP contribution in [0.5, 0.6) is 0 Å². The van der Waals surface area contributed by atoms with Gasteiger partial charge in [0, 0.05) is 12.7 Å². The van der Waals surface area contributed by atoms with Crippen molar-refractivity contribution in [2.24, 2.45) is 10.7 Å². The van der Waals surface area contributed by atoms with Crippen LogP contribution in [0.1, 0.15) is 15.9 Å². The third-order valence-corrected chi connectivity index (χ3v) is 4.51. The number of primary amides is 1. The van der Waals surface area contributed by atoms with E-state index < -0.39 is 40.5 Å². The van der Waals surface area contributed by atoms with E-state index in [1.165, 1.54) is 31.3 Å². The molecule has 2 aromatic rings. The van der Waals surface area contributed by atoms with Gasteiger partial charge in [-0.3, -0.25) is 24.7 Å². The number of nitrogens with zero attached hydrogens (tertiary/aromatic N) is 1. The standard InChI is InChI=1S/C19H17F2N5O3/c1-23-17(28)15-19(18(22)29,25-9-24-15)10-5-7-11(8-6-10)26-16(27)14-12(20)3-2-4-13(14)21/h2-8,25H,9H2,1H3,(H2,22,29)(H,23,28)(H,26,27). The molecule has 5 N–H and O–H groups in total. The molecule has 0 aliphatic carbocycles. The van der Waals surface area contributed by atoms with E-state index in [1.807, 2.05) is 0 Å². The van der Waals surface area contributed by atoms with E-state index in [1.54, 1.807) is 0 Å². The van der Waals surface area contributed by atoms with Crippen LogP contribution in [-0.4, -0.2) is 37.1 Å². The van der Waals surface area contributed by atoms with Gasteiger partial charge in [-0.1, -0.05) is 18.2 Å². The van der Waals surface area contributed by atoms with Gasteiger partial charge in [0.05, 0.1) is 6.67 Å². The van der Waals surface area contributed by atoms with Gasteiger partial charge in [0.25, 0.3) is 11.8 Å². The Morgan fingerprint density at radius 2 is 1.69 bits per heavy atom. The lowest BCUT2D eigenvalue weighted by molar-refractivity contribution is -0.123. The Labute approximate surface area is 164 Å². The molecule has 1 atom stereocenters. The van der Waals surface area contributed by atoms with Crippen molar-refractivity contribution in [3.8, 4) is 0 Å². The zero-order valence-electron chi connectivity index (χ0n) is 15.3. The highest BCUT2D eigenvalue weighted by Crippen LogP contribution is 2.28. The molecule has 0 bridgehead atoms. The number of nitrogens with one attached hydrogen (secondary N) is 3. The fourth-order valence-corrected chi connectivity index (χ4v) is 3.10. The van der Waals surface area contributed by atoms with E-state index in [0.29, 0.717) is 5.56 Å². The average Bonchev–Trinajstić information content (AvgIpc) is 3.14. The first kappa shape index (κ1) is 20.1. The maximum atomic E-state index is 13.8. The Hall–Kier alpha value is -3.66. The molecule has 2 aromatic carbocycles. The number of nitrogens with two attached hydrogens (primary N) is 1. The van der Waals surface area contributed by atoms with Crippen LogP contribution in [0.2, 0.25) is 0 Å². The molecule has 1 unspecified atom stereocenters. The molecule has 150 valence electrons. The third kappa shape index (κ3) is 3.45. The fourth-order valence-electron chi connectivity index (χ4n) is 3.10. The van der Waals surface area contributed by atoms with E-state index >= 15 is 0 Å². The summed E-state index contributed by atoms with van der Waals surface area (Å²) in [6, 6.07) is 8.84. The number of benzene rings is 2. The smallest absolute Gasteiger partial charge is 0.267 e. The number of halogens is 2. The average molecular weight is 401 g/mol. The summed E-state index contributed by atoms with van der Waals surface area (Å²) >= 11 is 0. The summed E-state index contributed by atoms with van der Waals surface area (Å²) in [4.78, 5) is 40.6. The van der Waals surface area contributed by atoms with Gasteiger partial charge >= 0.3 is 0 Å². The molecule has 1 heterocycles. The summed E-state index contributed by atoms with van der Waals surface area (Å²) in [6.07, 6.45) is 0. The van der Waals surface area contributed by atoms with Crippen molar-refractivity contribution in [3.05, 3.63) is 65.2 Å². The number of amides is 3. The fraction of sp³-hybridized carbons (Fsp3) is 0.158. The monoisotopic (exact) mass is 401 g/mol. The van der Waals surface area contributed by atoms with Gasteiger partial charge in [-0.05, 0) is 29.8 Å². The molecule has 0 radical (unpaired) electrons. The van der Waals surface area contributed by atoms with E-state index in [4.69, 9.17) is 5.73 Å². The van der Waals surface area contributed by atoms with Crippen molar-refractivity contribution >= 4 is 29.1 Å². The highest BCUT2D eigenvalue weighted by Gasteiger charge is 2.49. The first-order chi connectivity index (χ1) is 13.8. The summed E-state index contributed by atoms with van der Waals surface area (Å²) in [5.41, 5.74) is 3.66. The second kappa shape index (κ2) is 7.76. The maximum absolute atomic E-state index is 13.8. The molecule has 3 rings (SSSR count). The lowest BCUT2D eigenvalue weighted by atomic mass is 9.84. The number of rotatable bonds is 5. The molecule has 0 fully saturated rings. The Morgan fingerprint density at radius 1 is 1.07 bits per heavy atom. The minimum atomic E-state index is -1.64. The Balaban J connectivity index is 1.90. The van der Waals surface area contributed by atoms with Crippen molar-refractivity contribution in [2.75, 3.05) is 19.0 Å². The summed E-state index contributed by atoms with van der Waals surface area (Å²) in [5, 5.41) is 7.61. The highest BCUT2D eigenvalue weighted by atomic mass is 19.1. The van der Waals surface area contributed by atoms with Crippen LogP contribution in [0, 0.1) is 11.6 Å². The lowest BCUT2D eigenvalue weighted by Gasteiger charge is -2.27. The summed E-state index contributed by atoms with van der Waals surface area (Å²) in [5.74, 6) is -4.35. The number of carbonyl (C=O) groups excluding carboxylic acids is 3. The van der Waals surface area contributed by atoms with Gasteiger partial charge in [0.1, 0.15) is 22.9 Å². The Bertz CT molecular complexity index is 1000. The maximum Gasteiger partial charge on any atom is 0.267 e. The Kier molecular flexibility index (Phi) is 5.37. The van der Waals surface area contributed by atoms with E-state index in [0.717, 1.165) is 18.2 Å². The first-order valence-electron chi connectivity index (χ1n) is 8.49. The lowest BCUT2D eigenvalue weighted by Crippen LogP contribution is -2.58. The summed E-state index contributed by atoms with van der Waals surface area (Å²) in [7, 11) is 1.40.